The van der Waals surface area contributed by atoms with Crippen molar-refractivity contribution in [1.29, 1.82) is 0 Å². The number of carbonyl (C=O) groups is 1. The highest BCUT2D eigenvalue weighted by Crippen LogP contribution is 2.37. The first-order valence-corrected chi connectivity index (χ1v) is 12.8. The van der Waals surface area contributed by atoms with Gasteiger partial charge in [0.05, 0.1) is 19.1 Å². The molecule has 1 saturated carbocycles. The van der Waals surface area contributed by atoms with Gasteiger partial charge in [-0.15, -0.1) is 0 Å². The van der Waals surface area contributed by atoms with Gasteiger partial charge in [-0.25, -0.2) is 0 Å². The fourth-order valence-corrected chi connectivity index (χ4v) is 4.10. The van der Waals surface area contributed by atoms with E-state index in [0.29, 0.717) is 18.8 Å². The average molecular weight is 349 g/mol. The van der Waals surface area contributed by atoms with Crippen LogP contribution in [0.25, 0.3) is 0 Å². The van der Waals surface area contributed by atoms with Crippen molar-refractivity contribution in [3.05, 3.63) is 29.8 Å². The standard InChI is InChI=1S/C20H32O3Si/c1-22-18-11-9-17(10-12-18)20(13-7-5-6-8-19(20)21)16-23-14-15-24(2,3)4/h9-12H,5-8,13-16H2,1-4H3. The highest BCUT2D eigenvalue weighted by Gasteiger charge is 2.40. The summed E-state index contributed by atoms with van der Waals surface area (Å²) in [6.07, 6.45) is 4.80. The van der Waals surface area contributed by atoms with Crippen LogP contribution in [0.2, 0.25) is 25.7 Å². The number of benzene rings is 1. The van der Waals surface area contributed by atoms with Crippen LogP contribution < -0.4 is 4.74 Å². The van der Waals surface area contributed by atoms with Gasteiger partial charge in [-0.3, -0.25) is 4.79 Å². The van der Waals surface area contributed by atoms with Crippen molar-refractivity contribution < 1.29 is 14.3 Å². The predicted octanol–water partition coefficient (Wildman–Crippen LogP) is 4.82. The lowest BCUT2D eigenvalue weighted by atomic mass is 9.74. The first kappa shape index (κ1) is 19.2. The van der Waals surface area contributed by atoms with Gasteiger partial charge in [-0.05, 0) is 36.6 Å². The normalized spacial score (nSPS) is 22.2. The van der Waals surface area contributed by atoms with E-state index in [0.717, 1.165) is 49.6 Å². The highest BCUT2D eigenvalue weighted by molar-refractivity contribution is 6.76. The summed E-state index contributed by atoms with van der Waals surface area (Å²) in [5.74, 6) is 1.17. The van der Waals surface area contributed by atoms with Gasteiger partial charge in [0, 0.05) is 21.1 Å². The number of ether oxygens (including phenoxy) is 2. The molecule has 0 aliphatic heterocycles. The molecule has 3 nitrogen and oxygen atoms in total. The third-order valence-corrected chi connectivity index (χ3v) is 6.73. The molecule has 1 aromatic carbocycles. The van der Waals surface area contributed by atoms with E-state index in [1.165, 1.54) is 0 Å². The van der Waals surface area contributed by atoms with Gasteiger partial charge < -0.3 is 9.47 Å². The Hall–Kier alpha value is -1.13. The molecule has 0 heterocycles. The molecule has 0 N–H and O–H groups in total. The van der Waals surface area contributed by atoms with Crippen LogP contribution in [0.5, 0.6) is 5.75 Å². The maximum atomic E-state index is 13.0. The SMILES string of the molecule is COc1ccc(C2(COCC[Si](C)(C)C)CCCCCC2=O)cc1. The molecule has 1 atom stereocenters. The summed E-state index contributed by atoms with van der Waals surface area (Å²) in [6.45, 7) is 8.34. The number of hydrogen-bond acceptors (Lipinski definition) is 3. The number of hydrogen-bond donors (Lipinski definition) is 0. The second-order valence-corrected chi connectivity index (χ2v) is 13.8. The number of carbonyl (C=O) groups excluding carboxylic acids is 1. The van der Waals surface area contributed by atoms with E-state index in [-0.39, 0.29) is 0 Å². The lowest BCUT2D eigenvalue weighted by molar-refractivity contribution is -0.127. The Bertz CT molecular complexity index is 533. The van der Waals surface area contributed by atoms with Crippen molar-refractivity contribution in [1.82, 2.24) is 0 Å². The minimum atomic E-state index is -1.11. The van der Waals surface area contributed by atoms with Crippen molar-refractivity contribution >= 4 is 13.9 Å². The van der Waals surface area contributed by atoms with Crippen LogP contribution in [-0.4, -0.2) is 34.2 Å². The third-order valence-electron chi connectivity index (χ3n) is 5.03. The van der Waals surface area contributed by atoms with Crippen molar-refractivity contribution in [3.8, 4) is 5.75 Å². The zero-order valence-corrected chi connectivity index (χ0v) is 16.7. The molecule has 0 saturated heterocycles. The number of rotatable bonds is 7. The molecule has 24 heavy (non-hydrogen) atoms. The Balaban J connectivity index is 2.18. The Labute approximate surface area is 147 Å². The molecule has 2 rings (SSSR count). The Morgan fingerprint density at radius 1 is 1.08 bits per heavy atom. The fourth-order valence-electron chi connectivity index (χ4n) is 3.34. The summed E-state index contributed by atoms with van der Waals surface area (Å²) in [7, 11) is 0.554. The second kappa shape index (κ2) is 8.30. The second-order valence-electron chi connectivity index (χ2n) is 8.16. The van der Waals surface area contributed by atoms with Gasteiger partial charge in [0.15, 0.2) is 0 Å². The summed E-state index contributed by atoms with van der Waals surface area (Å²) in [6, 6.07) is 9.14. The van der Waals surface area contributed by atoms with E-state index < -0.39 is 13.5 Å². The van der Waals surface area contributed by atoms with E-state index >= 15 is 0 Å². The van der Waals surface area contributed by atoms with Gasteiger partial charge in [0.2, 0.25) is 0 Å². The van der Waals surface area contributed by atoms with Crippen LogP contribution in [0.15, 0.2) is 24.3 Å². The summed E-state index contributed by atoms with van der Waals surface area (Å²) in [5.41, 5.74) is 0.616. The highest BCUT2D eigenvalue weighted by atomic mass is 28.3. The van der Waals surface area contributed by atoms with Gasteiger partial charge in [-0.1, -0.05) is 44.6 Å². The molecule has 1 aliphatic carbocycles. The van der Waals surface area contributed by atoms with E-state index in [2.05, 4.69) is 19.6 Å². The monoisotopic (exact) mass is 348 g/mol. The smallest absolute Gasteiger partial charge is 0.145 e. The Kier molecular flexibility index (Phi) is 6.64. The van der Waals surface area contributed by atoms with Crippen molar-refractivity contribution in [2.75, 3.05) is 20.3 Å². The molecule has 4 heteroatoms. The minimum Gasteiger partial charge on any atom is -0.497 e. The molecule has 1 fully saturated rings. The lowest BCUT2D eigenvalue weighted by Gasteiger charge is -2.32. The van der Waals surface area contributed by atoms with Crippen LogP contribution in [0.4, 0.5) is 0 Å². The summed E-state index contributed by atoms with van der Waals surface area (Å²) in [4.78, 5) is 13.0. The van der Waals surface area contributed by atoms with E-state index in [9.17, 15) is 4.79 Å². The molecule has 134 valence electrons. The van der Waals surface area contributed by atoms with E-state index in [1.54, 1.807) is 7.11 Å². The first-order valence-electron chi connectivity index (χ1n) is 9.13. The quantitative estimate of drug-likeness (QED) is 0.402. The van der Waals surface area contributed by atoms with Crippen LogP contribution in [0.1, 0.15) is 37.7 Å². The molecular formula is C20H32O3Si. The predicted molar refractivity (Wildman–Crippen MR) is 102 cm³/mol. The van der Waals surface area contributed by atoms with Crippen LogP contribution in [0.3, 0.4) is 0 Å². The van der Waals surface area contributed by atoms with Crippen LogP contribution in [-0.2, 0) is 14.9 Å². The fraction of sp³-hybridized carbons (Fsp3) is 0.650. The summed E-state index contributed by atoms with van der Waals surface area (Å²) < 4.78 is 11.3. The maximum absolute atomic E-state index is 13.0. The molecular weight excluding hydrogens is 316 g/mol. The van der Waals surface area contributed by atoms with E-state index in [1.807, 2.05) is 24.3 Å². The van der Waals surface area contributed by atoms with Crippen molar-refractivity contribution in [3.63, 3.8) is 0 Å². The van der Waals surface area contributed by atoms with Gasteiger partial charge in [-0.2, -0.15) is 0 Å². The molecule has 0 radical (unpaired) electrons. The molecule has 0 amide bonds. The Morgan fingerprint density at radius 2 is 1.79 bits per heavy atom. The third kappa shape index (κ3) is 4.93. The average Bonchev–Trinajstić information content (AvgIpc) is 2.73. The molecule has 1 aromatic rings. The van der Waals surface area contributed by atoms with Gasteiger partial charge >= 0.3 is 0 Å². The maximum Gasteiger partial charge on any atom is 0.145 e. The zero-order valence-electron chi connectivity index (χ0n) is 15.7. The van der Waals surface area contributed by atoms with Crippen molar-refractivity contribution in [2.45, 2.75) is 63.2 Å². The van der Waals surface area contributed by atoms with Crippen LogP contribution >= 0.6 is 0 Å². The molecule has 0 spiro atoms. The summed E-state index contributed by atoms with van der Waals surface area (Å²) in [5, 5.41) is 0. The zero-order chi connectivity index (χ0) is 17.6. The molecule has 0 aromatic heterocycles. The summed E-state index contributed by atoms with van der Waals surface area (Å²) >= 11 is 0. The largest absolute Gasteiger partial charge is 0.497 e. The molecule has 0 bridgehead atoms. The number of ketones is 1. The van der Waals surface area contributed by atoms with E-state index in [4.69, 9.17) is 9.47 Å². The molecule has 1 aliphatic rings. The van der Waals surface area contributed by atoms with Crippen molar-refractivity contribution in [2.24, 2.45) is 0 Å². The Morgan fingerprint density at radius 3 is 2.42 bits per heavy atom. The minimum absolute atomic E-state index is 0.346. The van der Waals surface area contributed by atoms with Gasteiger partial charge in [0.25, 0.3) is 0 Å². The lowest BCUT2D eigenvalue weighted by Crippen LogP contribution is -2.40. The van der Waals surface area contributed by atoms with Gasteiger partial charge in [0.1, 0.15) is 11.5 Å². The number of methoxy groups -OCH3 is 1. The first-order chi connectivity index (χ1) is 11.4. The topological polar surface area (TPSA) is 35.5 Å². The molecule has 1 unspecified atom stereocenters. The van der Waals surface area contributed by atoms with Crippen LogP contribution in [0, 0.1) is 0 Å². The number of Topliss-reactive ketones (excluding diaryl/α,β-unsaturated/α-hetero) is 1.